The second-order valence-electron chi connectivity index (χ2n) is 5.99. The third-order valence-corrected chi connectivity index (χ3v) is 5.27. The SMILES string of the molecule is Cc1ccc(CN2CCCC(C(O)c3nccn3C)C2)s1. The molecule has 0 bridgehead atoms. The van der Waals surface area contributed by atoms with E-state index in [4.69, 9.17) is 0 Å². The summed E-state index contributed by atoms with van der Waals surface area (Å²) in [4.78, 5) is 9.55. The Morgan fingerprint density at radius 1 is 1.48 bits per heavy atom. The fourth-order valence-electron chi connectivity index (χ4n) is 3.16. The molecule has 114 valence electrons. The Morgan fingerprint density at radius 3 is 3.00 bits per heavy atom. The molecule has 0 aromatic carbocycles. The minimum atomic E-state index is -0.460. The van der Waals surface area contributed by atoms with Crippen LogP contribution in [0.3, 0.4) is 0 Å². The summed E-state index contributed by atoms with van der Waals surface area (Å²) in [7, 11) is 1.95. The van der Waals surface area contributed by atoms with Crippen molar-refractivity contribution in [2.75, 3.05) is 13.1 Å². The first kappa shape index (κ1) is 14.8. The summed E-state index contributed by atoms with van der Waals surface area (Å²) in [5, 5.41) is 10.6. The zero-order valence-corrected chi connectivity index (χ0v) is 13.5. The van der Waals surface area contributed by atoms with Crippen LogP contribution < -0.4 is 0 Å². The van der Waals surface area contributed by atoms with Crippen LogP contribution in [-0.4, -0.2) is 32.6 Å². The molecule has 4 nitrogen and oxygen atoms in total. The van der Waals surface area contributed by atoms with E-state index in [1.807, 2.05) is 29.1 Å². The topological polar surface area (TPSA) is 41.3 Å². The minimum absolute atomic E-state index is 0.279. The number of nitrogens with zero attached hydrogens (tertiary/aromatic N) is 3. The number of hydrogen-bond donors (Lipinski definition) is 1. The molecule has 0 spiro atoms. The quantitative estimate of drug-likeness (QED) is 0.944. The van der Waals surface area contributed by atoms with Gasteiger partial charge in [-0.3, -0.25) is 4.90 Å². The van der Waals surface area contributed by atoms with Crippen molar-refractivity contribution in [1.29, 1.82) is 0 Å². The Bertz CT molecular complexity index is 592. The van der Waals surface area contributed by atoms with Crippen molar-refractivity contribution in [3.8, 4) is 0 Å². The smallest absolute Gasteiger partial charge is 0.137 e. The van der Waals surface area contributed by atoms with E-state index in [1.54, 1.807) is 6.20 Å². The number of likely N-dealkylation sites (tertiary alicyclic amines) is 1. The Labute approximate surface area is 130 Å². The van der Waals surface area contributed by atoms with Crippen molar-refractivity contribution >= 4 is 11.3 Å². The van der Waals surface area contributed by atoms with E-state index >= 15 is 0 Å². The summed E-state index contributed by atoms with van der Waals surface area (Å²) >= 11 is 1.87. The molecule has 1 N–H and O–H groups in total. The lowest BCUT2D eigenvalue weighted by Crippen LogP contribution is -2.37. The van der Waals surface area contributed by atoms with E-state index in [0.29, 0.717) is 0 Å². The lowest BCUT2D eigenvalue weighted by Gasteiger charge is -2.34. The highest BCUT2D eigenvalue weighted by atomic mass is 32.1. The predicted molar refractivity (Wildman–Crippen MR) is 85.2 cm³/mol. The maximum absolute atomic E-state index is 10.6. The molecule has 0 amide bonds. The maximum Gasteiger partial charge on any atom is 0.137 e. The van der Waals surface area contributed by atoms with Crippen molar-refractivity contribution in [3.63, 3.8) is 0 Å². The molecule has 1 aliphatic rings. The monoisotopic (exact) mass is 305 g/mol. The molecule has 0 saturated carbocycles. The van der Waals surface area contributed by atoms with Crippen molar-refractivity contribution in [2.45, 2.75) is 32.4 Å². The minimum Gasteiger partial charge on any atom is -0.385 e. The van der Waals surface area contributed by atoms with Gasteiger partial charge in [-0.15, -0.1) is 11.3 Å². The standard InChI is InChI=1S/C16H23N3OS/c1-12-5-6-14(21-12)11-19-8-3-4-13(10-19)15(20)16-17-7-9-18(16)2/h5-7,9,13,15,20H,3-4,8,10-11H2,1-2H3. The fourth-order valence-corrected chi connectivity index (χ4v) is 4.09. The van der Waals surface area contributed by atoms with E-state index in [-0.39, 0.29) is 5.92 Å². The van der Waals surface area contributed by atoms with Gasteiger partial charge >= 0.3 is 0 Å². The molecule has 5 heteroatoms. The van der Waals surface area contributed by atoms with Crippen LogP contribution in [0.5, 0.6) is 0 Å². The number of aromatic nitrogens is 2. The number of thiophene rings is 1. The summed E-state index contributed by atoms with van der Waals surface area (Å²) < 4.78 is 1.92. The van der Waals surface area contributed by atoms with Gasteiger partial charge in [-0.25, -0.2) is 4.98 Å². The lowest BCUT2D eigenvalue weighted by molar-refractivity contribution is 0.0408. The van der Waals surface area contributed by atoms with E-state index in [1.165, 1.54) is 9.75 Å². The summed E-state index contributed by atoms with van der Waals surface area (Å²) in [6, 6.07) is 4.41. The summed E-state index contributed by atoms with van der Waals surface area (Å²) in [5.74, 6) is 1.06. The number of aliphatic hydroxyl groups is 1. The molecule has 3 heterocycles. The molecule has 0 aliphatic carbocycles. The van der Waals surface area contributed by atoms with E-state index in [2.05, 4.69) is 28.9 Å². The fraction of sp³-hybridized carbons (Fsp3) is 0.562. The van der Waals surface area contributed by atoms with E-state index in [0.717, 1.165) is 38.3 Å². The van der Waals surface area contributed by atoms with Gasteiger partial charge in [0.1, 0.15) is 11.9 Å². The average Bonchev–Trinajstić information content (AvgIpc) is 3.07. The first-order chi connectivity index (χ1) is 10.1. The molecule has 1 aliphatic heterocycles. The Hall–Kier alpha value is -1.17. The van der Waals surface area contributed by atoms with Gasteiger partial charge in [-0.05, 0) is 38.4 Å². The highest BCUT2D eigenvalue weighted by molar-refractivity contribution is 7.11. The molecule has 2 atom stereocenters. The summed E-state index contributed by atoms with van der Waals surface area (Å²) in [5.41, 5.74) is 0. The van der Waals surface area contributed by atoms with Crippen molar-refractivity contribution in [3.05, 3.63) is 40.1 Å². The van der Waals surface area contributed by atoms with Crippen molar-refractivity contribution in [2.24, 2.45) is 13.0 Å². The zero-order valence-electron chi connectivity index (χ0n) is 12.7. The molecule has 1 fully saturated rings. The lowest BCUT2D eigenvalue weighted by atomic mass is 9.92. The third kappa shape index (κ3) is 3.36. The number of hydrogen-bond acceptors (Lipinski definition) is 4. The number of piperidine rings is 1. The van der Waals surface area contributed by atoms with Crippen LogP contribution in [0.2, 0.25) is 0 Å². The molecule has 2 unspecified atom stereocenters. The van der Waals surface area contributed by atoms with Crippen LogP contribution in [0.25, 0.3) is 0 Å². The van der Waals surface area contributed by atoms with Gasteiger partial charge < -0.3 is 9.67 Å². The van der Waals surface area contributed by atoms with Gasteiger partial charge in [-0.1, -0.05) is 0 Å². The largest absolute Gasteiger partial charge is 0.385 e. The summed E-state index contributed by atoms with van der Waals surface area (Å²) in [6.45, 7) is 5.23. The van der Waals surface area contributed by atoms with Crippen LogP contribution in [0.1, 0.15) is 34.5 Å². The molecule has 1 saturated heterocycles. The van der Waals surface area contributed by atoms with Crippen LogP contribution in [-0.2, 0) is 13.6 Å². The van der Waals surface area contributed by atoms with Crippen LogP contribution in [0.4, 0.5) is 0 Å². The Balaban J connectivity index is 1.64. The number of aliphatic hydroxyl groups excluding tert-OH is 1. The molecule has 3 rings (SSSR count). The van der Waals surface area contributed by atoms with Crippen LogP contribution in [0.15, 0.2) is 24.5 Å². The Kier molecular flexibility index (Phi) is 4.42. The first-order valence-electron chi connectivity index (χ1n) is 7.56. The Morgan fingerprint density at radius 2 is 2.33 bits per heavy atom. The number of aryl methyl sites for hydroxylation is 2. The molecule has 2 aromatic heterocycles. The maximum atomic E-state index is 10.6. The van der Waals surface area contributed by atoms with Gasteiger partial charge in [0.25, 0.3) is 0 Å². The van der Waals surface area contributed by atoms with E-state index in [9.17, 15) is 5.11 Å². The van der Waals surface area contributed by atoms with Gasteiger partial charge in [0.15, 0.2) is 0 Å². The number of rotatable bonds is 4. The normalized spacial score (nSPS) is 21.6. The van der Waals surface area contributed by atoms with Gasteiger partial charge in [0.05, 0.1) is 0 Å². The van der Waals surface area contributed by atoms with Gasteiger partial charge in [0.2, 0.25) is 0 Å². The highest BCUT2D eigenvalue weighted by Crippen LogP contribution is 2.30. The van der Waals surface area contributed by atoms with Crippen LogP contribution >= 0.6 is 11.3 Å². The molecule has 0 radical (unpaired) electrons. The average molecular weight is 305 g/mol. The van der Waals surface area contributed by atoms with Crippen LogP contribution in [0, 0.1) is 12.8 Å². The predicted octanol–water partition coefficient (Wildman–Crippen LogP) is 2.74. The molecular weight excluding hydrogens is 282 g/mol. The molecular formula is C16H23N3OS. The highest BCUT2D eigenvalue weighted by Gasteiger charge is 2.29. The van der Waals surface area contributed by atoms with E-state index < -0.39 is 6.10 Å². The van der Waals surface area contributed by atoms with Crippen molar-refractivity contribution < 1.29 is 5.11 Å². The second kappa shape index (κ2) is 6.30. The van der Waals surface area contributed by atoms with Gasteiger partial charge in [0, 0.05) is 48.2 Å². The third-order valence-electron chi connectivity index (χ3n) is 4.29. The summed E-state index contributed by atoms with van der Waals surface area (Å²) in [6.07, 6.45) is 5.42. The second-order valence-corrected chi connectivity index (χ2v) is 7.36. The first-order valence-corrected chi connectivity index (χ1v) is 8.38. The molecule has 21 heavy (non-hydrogen) atoms. The zero-order chi connectivity index (χ0) is 14.8. The van der Waals surface area contributed by atoms with Crippen molar-refractivity contribution in [1.82, 2.24) is 14.5 Å². The van der Waals surface area contributed by atoms with Gasteiger partial charge in [-0.2, -0.15) is 0 Å². The molecule has 2 aromatic rings. The number of imidazole rings is 1.